The highest BCUT2D eigenvalue weighted by atomic mass is 16.5. The smallest absolute Gasteiger partial charge is 0.178 e. The fourth-order valence-corrected chi connectivity index (χ4v) is 1.92. The summed E-state index contributed by atoms with van der Waals surface area (Å²) in [7, 11) is 1.69. The van der Waals surface area contributed by atoms with Crippen LogP contribution in [0.5, 0.6) is 0 Å². The monoisotopic (exact) mass is 272 g/mol. The van der Waals surface area contributed by atoms with Crippen LogP contribution in [0.4, 0.5) is 0 Å². The Morgan fingerprint density at radius 1 is 1.20 bits per heavy atom. The van der Waals surface area contributed by atoms with E-state index in [0.29, 0.717) is 19.0 Å². The quantitative estimate of drug-likeness (QED) is 0.779. The summed E-state index contributed by atoms with van der Waals surface area (Å²) in [6.07, 6.45) is 4.48. The highest BCUT2D eigenvalue weighted by molar-refractivity contribution is 5.54. The summed E-state index contributed by atoms with van der Waals surface area (Å²) in [4.78, 5) is 13.3. The topological polar surface area (TPSA) is 59.9 Å². The number of nitrogens with zero attached hydrogens (tertiary/aromatic N) is 3. The Bertz CT molecular complexity index is 545. The Labute approximate surface area is 119 Å². The van der Waals surface area contributed by atoms with Crippen LogP contribution in [0.3, 0.4) is 0 Å². The predicted molar refractivity (Wildman–Crippen MR) is 78.2 cm³/mol. The van der Waals surface area contributed by atoms with Gasteiger partial charge in [-0.05, 0) is 24.1 Å². The van der Waals surface area contributed by atoms with Gasteiger partial charge in [-0.1, -0.05) is 13.0 Å². The molecule has 0 amide bonds. The molecule has 0 fully saturated rings. The molecule has 1 N–H and O–H groups in total. The van der Waals surface area contributed by atoms with Gasteiger partial charge in [-0.2, -0.15) is 0 Å². The summed E-state index contributed by atoms with van der Waals surface area (Å²) in [6.45, 7) is 4.31. The number of pyridine rings is 1. The van der Waals surface area contributed by atoms with E-state index in [4.69, 9.17) is 4.74 Å². The van der Waals surface area contributed by atoms with Crippen molar-refractivity contribution in [1.82, 2.24) is 20.3 Å². The number of methoxy groups -OCH3 is 1. The maximum absolute atomic E-state index is 5.00. The maximum atomic E-state index is 5.00. The lowest BCUT2D eigenvalue weighted by Crippen LogP contribution is -2.19. The Balaban J connectivity index is 2.13. The molecule has 0 radical (unpaired) electrons. The van der Waals surface area contributed by atoms with E-state index in [1.54, 1.807) is 19.5 Å². The average Bonchev–Trinajstić information content (AvgIpc) is 2.52. The van der Waals surface area contributed by atoms with Crippen molar-refractivity contribution in [1.29, 1.82) is 0 Å². The van der Waals surface area contributed by atoms with E-state index >= 15 is 0 Å². The standard InChI is InChI=1S/C15H20N4O/c1-3-12-5-4-7-17-14(12)15-18-8-6-13(19-15)11-16-9-10-20-2/h4-8,16H,3,9-11H2,1-2H3. The van der Waals surface area contributed by atoms with Crippen molar-refractivity contribution in [2.45, 2.75) is 19.9 Å². The second-order valence-corrected chi connectivity index (χ2v) is 4.41. The molecule has 0 spiro atoms. The molecule has 0 saturated heterocycles. The number of hydrogen-bond donors (Lipinski definition) is 1. The second kappa shape index (κ2) is 7.67. The third-order valence-corrected chi connectivity index (χ3v) is 2.99. The third-order valence-electron chi connectivity index (χ3n) is 2.99. The number of aryl methyl sites for hydroxylation is 1. The molecule has 2 aromatic rings. The van der Waals surface area contributed by atoms with Crippen molar-refractivity contribution in [3.05, 3.63) is 41.9 Å². The summed E-state index contributed by atoms with van der Waals surface area (Å²) >= 11 is 0. The van der Waals surface area contributed by atoms with Gasteiger partial charge in [0.05, 0.1) is 12.3 Å². The van der Waals surface area contributed by atoms with Crippen LogP contribution in [0.25, 0.3) is 11.5 Å². The lowest BCUT2D eigenvalue weighted by Gasteiger charge is -2.07. The minimum absolute atomic E-state index is 0.688. The van der Waals surface area contributed by atoms with Gasteiger partial charge in [0.15, 0.2) is 5.82 Å². The molecule has 106 valence electrons. The normalized spacial score (nSPS) is 10.7. The van der Waals surface area contributed by atoms with Crippen LogP contribution in [0.15, 0.2) is 30.6 Å². The summed E-state index contributed by atoms with van der Waals surface area (Å²) < 4.78 is 5.00. The lowest BCUT2D eigenvalue weighted by atomic mass is 10.1. The molecule has 0 aliphatic rings. The number of rotatable bonds is 7. The first-order valence-corrected chi connectivity index (χ1v) is 6.81. The fourth-order valence-electron chi connectivity index (χ4n) is 1.92. The zero-order valence-electron chi connectivity index (χ0n) is 12.0. The van der Waals surface area contributed by atoms with E-state index < -0.39 is 0 Å². The van der Waals surface area contributed by atoms with Gasteiger partial charge in [0.2, 0.25) is 0 Å². The largest absolute Gasteiger partial charge is 0.383 e. The molecule has 5 nitrogen and oxygen atoms in total. The Morgan fingerprint density at radius 2 is 2.10 bits per heavy atom. The summed E-state index contributed by atoms with van der Waals surface area (Å²) in [5.74, 6) is 0.688. The molecule has 0 saturated carbocycles. The molecule has 0 aliphatic carbocycles. The van der Waals surface area contributed by atoms with E-state index in [1.807, 2.05) is 12.1 Å². The van der Waals surface area contributed by atoms with Crippen molar-refractivity contribution in [3.8, 4) is 11.5 Å². The van der Waals surface area contributed by atoms with Gasteiger partial charge in [0, 0.05) is 32.6 Å². The minimum Gasteiger partial charge on any atom is -0.383 e. The number of nitrogens with one attached hydrogen (secondary N) is 1. The Kier molecular flexibility index (Phi) is 5.58. The van der Waals surface area contributed by atoms with Crippen LogP contribution in [0, 0.1) is 0 Å². The van der Waals surface area contributed by atoms with Crippen molar-refractivity contribution in [2.75, 3.05) is 20.3 Å². The van der Waals surface area contributed by atoms with Gasteiger partial charge in [-0.3, -0.25) is 4.98 Å². The first-order valence-electron chi connectivity index (χ1n) is 6.81. The Hall–Kier alpha value is -1.85. The van der Waals surface area contributed by atoms with Crippen LogP contribution in [0.1, 0.15) is 18.2 Å². The highest BCUT2D eigenvalue weighted by Crippen LogP contribution is 2.17. The third kappa shape index (κ3) is 3.82. The second-order valence-electron chi connectivity index (χ2n) is 4.41. The first-order chi connectivity index (χ1) is 9.85. The molecule has 0 aliphatic heterocycles. The van der Waals surface area contributed by atoms with E-state index in [0.717, 1.165) is 29.9 Å². The highest BCUT2D eigenvalue weighted by Gasteiger charge is 2.08. The molecule has 0 bridgehead atoms. The van der Waals surface area contributed by atoms with Gasteiger partial charge in [-0.25, -0.2) is 9.97 Å². The molecular formula is C15H20N4O. The minimum atomic E-state index is 0.688. The maximum Gasteiger partial charge on any atom is 0.178 e. The van der Waals surface area contributed by atoms with E-state index in [1.165, 1.54) is 0 Å². The van der Waals surface area contributed by atoms with Crippen LogP contribution < -0.4 is 5.32 Å². The van der Waals surface area contributed by atoms with Gasteiger partial charge in [0.25, 0.3) is 0 Å². The molecule has 2 heterocycles. The zero-order chi connectivity index (χ0) is 14.2. The van der Waals surface area contributed by atoms with Crippen LogP contribution in [-0.4, -0.2) is 35.2 Å². The van der Waals surface area contributed by atoms with Gasteiger partial charge < -0.3 is 10.1 Å². The van der Waals surface area contributed by atoms with Gasteiger partial charge in [-0.15, -0.1) is 0 Å². The molecule has 5 heteroatoms. The number of ether oxygens (including phenoxy) is 1. The molecule has 0 aromatic carbocycles. The van der Waals surface area contributed by atoms with Gasteiger partial charge >= 0.3 is 0 Å². The van der Waals surface area contributed by atoms with Crippen LogP contribution >= 0.6 is 0 Å². The first kappa shape index (κ1) is 14.6. The fraction of sp³-hybridized carbons (Fsp3) is 0.400. The van der Waals surface area contributed by atoms with Crippen molar-refractivity contribution < 1.29 is 4.74 Å². The van der Waals surface area contributed by atoms with Crippen LogP contribution in [0.2, 0.25) is 0 Å². The molecule has 20 heavy (non-hydrogen) atoms. The summed E-state index contributed by atoms with van der Waals surface area (Å²) in [5.41, 5.74) is 2.99. The Morgan fingerprint density at radius 3 is 2.90 bits per heavy atom. The molecule has 2 rings (SSSR count). The molecular weight excluding hydrogens is 252 g/mol. The zero-order valence-corrected chi connectivity index (χ0v) is 12.0. The van der Waals surface area contributed by atoms with Crippen LogP contribution in [-0.2, 0) is 17.7 Å². The average molecular weight is 272 g/mol. The van der Waals surface area contributed by atoms with Crippen molar-refractivity contribution in [3.63, 3.8) is 0 Å². The number of aromatic nitrogens is 3. The number of hydrogen-bond acceptors (Lipinski definition) is 5. The van der Waals surface area contributed by atoms with Crippen molar-refractivity contribution >= 4 is 0 Å². The molecule has 2 aromatic heterocycles. The SMILES string of the molecule is CCc1cccnc1-c1nccc(CNCCOC)n1. The van der Waals surface area contributed by atoms with E-state index in [2.05, 4.69) is 33.3 Å². The van der Waals surface area contributed by atoms with E-state index in [9.17, 15) is 0 Å². The molecule has 0 atom stereocenters. The predicted octanol–water partition coefficient (Wildman–Crippen LogP) is 1.84. The van der Waals surface area contributed by atoms with Gasteiger partial charge in [0.1, 0.15) is 5.69 Å². The van der Waals surface area contributed by atoms with E-state index in [-0.39, 0.29) is 0 Å². The molecule has 0 unspecified atom stereocenters. The summed E-state index contributed by atoms with van der Waals surface area (Å²) in [6, 6.07) is 5.92. The lowest BCUT2D eigenvalue weighted by molar-refractivity contribution is 0.199. The van der Waals surface area contributed by atoms with Crippen molar-refractivity contribution in [2.24, 2.45) is 0 Å². The summed E-state index contributed by atoms with van der Waals surface area (Å²) in [5, 5.41) is 3.27.